The Bertz CT molecular complexity index is 686. The number of rotatable bonds is 5. The van der Waals surface area contributed by atoms with Gasteiger partial charge in [0.15, 0.2) is 0 Å². The summed E-state index contributed by atoms with van der Waals surface area (Å²) in [6, 6.07) is 7.51. The van der Waals surface area contributed by atoms with Gasteiger partial charge < -0.3 is 5.32 Å². The fraction of sp³-hybridized carbons (Fsp3) is 0.353. The number of nitrogens with one attached hydrogen (secondary N) is 1. The number of hydrogen-bond acceptors (Lipinski definition) is 2. The van der Waals surface area contributed by atoms with Crippen LogP contribution in [0.25, 0.3) is 0 Å². The Kier molecular flexibility index (Phi) is 4.00. The number of carbonyl (C=O) groups excluding carboxylic acids is 1. The first-order chi connectivity index (χ1) is 10.5. The van der Waals surface area contributed by atoms with E-state index in [1.165, 1.54) is 23.5 Å². The molecule has 3 rings (SSSR count). The molecule has 1 aromatic carbocycles. The first-order valence-electron chi connectivity index (χ1n) is 7.26. The van der Waals surface area contributed by atoms with Gasteiger partial charge in [0.2, 0.25) is 5.91 Å². The normalized spacial score (nSPS) is 23.3. The van der Waals surface area contributed by atoms with Gasteiger partial charge in [0.25, 0.3) is 0 Å². The minimum absolute atomic E-state index is 0.0663. The topological polar surface area (TPSA) is 29.1 Å². The van der Waals surface area contributed by atoms with E-state index in [1.807, 2.05) is 24.4 Å². The molecule has 0 radical (unpaired) electrons. The summed E-state index contributed by atoms with van der Waals surface area (Å²) in [5.74, 6) is -0.902. The highest BCUT2D eigenvalue weighted by molar-refractivity contribution is 7.10. The van der Waals surface area contributed by atoms with Crippen LogP contribution in [0.3, 0.4) is 0 Å². The maximum absolute atomic E-state index is 14.0. The fourth-order valence-corrected chi connectivity index (χ4v) is 3.69. The van der Waals surface area contributed by atoms with Crippen molar-refractivity contribution >= 4 is 17.2 Å². The number of carbonyl (C=O) groups is 1. The third kappa shape index (κ3) is 2.90. The molecule has 5 heteroatoms. The lowest BCUT2D eigenvalue weighted by Gasteiger charge is -2.19. The summed E-state index contributed by atoms with van der Waals surface area (Å²) in [7, 11) is 0. The molecule has 1 heterocycles. The summed E-state index contributed by atoms with van der Waals surface area (Å²) in [6.45, 7) is 2.41. The first-order valence-corrected chi connectivity index (χ1v) is 8.14. The van der Waals surface area contributed by atoms with Crippen LogP contribution in [0.15, 0.2) is 35.7 Å². The second-order valence-corrected chi connectivity index (χ2v) is 6.95. The predicted molar refractivity (Wildman–Crippen MR) is 82.8 cm³/mol. The SMILES string of the molecule is CC1CC1(CNC(=O)Cc1cccs1)c1ccc(F)cc1F. The summed E-state index contributed by atoms with van der Waals surface area (Å²) in [4.78, 5) is 13.0. The highest BCUT2D eigenvalue weighted by Gasteiger charge is 2.53. The largest absolute Gasteiger partial charge is 0.355 e. The molecule has 2 nitrogen and oxygen atoms in total. The maximum Gasteiger partial charge on any atom is 0.225 e. The van der Waals surface area contributed by atoms with Crippen LogP contribution >= 0.6 is 11.3 Å². The first kappa shape index (κ1) is 15.2. The van der Waals surface area contributed by atoms with Crippen LogP contribution < -0.4 is 5.32 Å². The summed E-state index contributed by atoms with van der Waals surface area (Å²) in [6.07, 6.45) is 1.14. The van der Waals surface area contributed by atoms with Crippen molar-refractivity contribution in [1.29, 1.82) is 0 Å². The van der Waals surface area contributed by atoms with Crippen LogP contribution in [0.1, 0.15) is 23.8 Å². The smallest absolute Gasteiger partial charge is 0.225 e. The zero-order chi connectivity index (χ0) is 15.7. The van der Waals surface area contributed by atoms with Gasteiger partial charge in [0, 0.05) is 22.9 Å². The molecule has 1 saturated carbocycles. The lowest BCUT2D eigenvalue weighted by Crippen LogP contribution is -2.34. The molecule has 1 fully saturated rings. The van der Waals surface area contributed by atoms with Crippen molar-refractivity contribution in [2.45, 2.75) is 25.2 Å². The molecule has 1 aliphatic rings. The number of amides is 1. The second-order valence-electron chi connectivity index (χ2n) is 5.92. The predicted octanol–water partition coefficient (Wildman–Crippen LogP) is 3.66. The van der Waals surface area contributed by atoms with Crippen molar-refractivity contribution in [3.63, 3.8) is 0 Å². The molecule has 116 valence electrons. The number of hydrogen-bond donors (Lipinski definition) is 1. The van der Waals surface area contributed by atoms with Crippen molar-refractivity contribution in [2.24, 2.45) is 5.92 Å². The van der Waals surface area contributed by atoms with Gasteiger partial charge in [-0.25, -0.2) is 8.78 Å². The highest BCUT2D eigenvalue weighted by atomic mass is 32.1. The van der Waals surface area contributed by atoms with Crippen molar-refractivity contribution < 1.29 is 13.6 Å². The molecule has 2 aromatic rings. The Morgan fingerprint density at radius 1 is 1.41 bits per heavy atom. The van der Waals surface area contributed by atoms with Gasteiger partial charge in [0.1, 0.15) is 11.6 Å². The van der Waals surface area contributed by atoms with Crippen LogP contribution in [0.4, 0.5) is 8.78 Å². The molecule has 2 unspecified atom stereocenters. The van der Waals surface area contributed by atoms with Gasteiger partial charge in [-0.15, -0.1) is 11.3 Å². The number of thiophene rings is 1. The number of benzene rings is 1. The summed E-state index contributed by atoms with van der Waals surface area (Å²) in [5, 5.41) is 4.83. The molecule has 1 N–H and O–H groups in total. The third-order valence-corrected chi connectivity index (χ3v) is 5.31. The van der Waals surface area contributed by atoms with Crippen molar-refractivity contribution in [3.8, 4) is 0 Å². The average Bonchev–Trinajstić information content (AvgIpc) is 2.86. The third-order valence-electron chi connectivity index (χ3n) is 4.44. The lowest BCUT2D eigenvalue weighted by atomic mass is 9.92. The van der Waals surface area contributed by atoms with Crippen LogP contribution in [0.2, 0.25) is 0 Å². The van der Waals surface area contributed by atoms with Crippen molar-refractivity contribution in [3.05, 3.63) is 57.8 Å². The van der Waals surface area contributed by atoms with Gasteiger partial charge in [-0.05, 0) is 35.4 Å². The molecule has 0 aliphatic heterocycles. The molecule has 2 atom stereocenters. The minimum Gasteiger partial charge on any atom is -0.355 e. The highest BCUT2D eigenvalue weighted by Crippen LogP contribution is 2.54. The van der Waals surface area contributed by atoms with E-state index in [1.54, 1.807) is 0 Å². The molecule has 1 aliphatic carbocycles. The van der Waals surface area contributed by atoms with Crippen molar-refractivity contribution in [1.82, 2.24) is 5.32 Å². The average molecular weight is 321 g/mol. The summed E-state index contributed by atoms with van der Waals surface area (Å²) < 4.78 is 27.1. The zero-order valence-electron chi connectivity index (χ0n) is 12.2. The van der Waals surface area contributed by atoms with Crippen LogP contribution in [0.5, 0.6) is 0 Å². The minimum atomic E-state index is -0.577. The van der Waals surface area contributed by atoms with Gasteiger partial charge in [-0.1, -0.05) is 19.1 Å². The molecule has 0 spiro atoms. The Balaban J connectivity index is 1.68. The second kappa shape index (κ2) is 5.80. The van der Waals surface area contributed by atoms with E-state index in [-0.39, 0.29) is 11.8 Å². The Morgan fingerprint density at radius 2 is 2.18 bits per heavy atom. The molecule has 1 aromatic heterocycles. The Hall–Kier alpha value is -1.75. The summed E-state index contributed by atoms with van der Waals surface area (Å²) in [5.41, 5.74) is 0.0981. The zero-order valence-corrected chi connectivity index (χ0v) is 13.1. The van der Waals surface area contributed by atoms with Gasteiger partial charge in [0.05, 0.1) is 6.42 Å². The fourth-order valence-electron chi connectivity index (χ4n) is 2.99. The van der Waals surface area contributed by atoms with E-state index in [9.17, 15) is 13.6 Å². The van der Waals surface area contributed by atoms with Gasteiger partial charge >= 0.3 is 0 Å². The Labute approximate surface area is 132 Å². The van der Waals surface area contributed by atoms with E-state index in [2.05, 4.69) is 5.32 Å². The molecular weight excluding hydrogens is 304 g/mol. The Morgan fingerprint density at radius 3 is 2.77 bits per heavy atom. The van der Waals surface area contributed by atoms with E-state index in [0.717, 1.165) is 17.4 Å². The monoisotopic (exact) mass is 321 g/mol. The van der Waals surface area contributed by atoms with Crippen molar-refractivity contribution in [2.75, 3.05) is 6.54 Å². The van der Waals surface area contributed by atoms with Gasteiger partial charge in [-0.3, -0.25) is 4.79 Å². The molecular formula is C17H17F2NOS. The lowest BCUT2D eigenvalue weighted by molar-refractivity contribution is -0.120. The molecule has 22 heavy (non-hydrogen) atoms. The molecule has 0 saturated heterocycles. The quantitative estimate of drug-likeness (QED) is 0.894. The van der Waals surface area contributed by atoms with E-state index in [0.29, 0.717) is 18.5 Å². The number of halogens is 2. The molecule has 0 bridgehead atoms. The van der Waals surface area contributed by atoms with Crippen LogP contribution in [0, 0.1) is 17.6 Å². The standard InChI is InChI=1S/C17H17F2NOS/c1-11-9-17(11,14-5-4-12(18)7-15(14)19)10-20-16(21)8-13-3-2-6-22-13/h2-7,11H,8-10H2,1H3,(H,20,21). The van der Waals surface area contributed by atoms with E-state index >= 15 is 0 Å². The van der Waals surface area contributed by atoms with Crippen LogP contribution in [-0.4, -0.2) is 12.5 Å². The van der Waals surface area contributed by atoms with Gasteiger partial charge in [-0.2, -0.15) is 0 Å². The summed E-state index contributed by atoms with van der Waals surface area (Å²) >= 11 is 1.54. The maximum atomic E-state index is 14.0. The van der Waals surface area contributed by atoms with Crippen LogP contribution in [-0.2, 0) is 16.6 Å². The van der Waals surface area contributed by atoms with E-state index in [4.69, 9.17) is 0 Å². The molecule has 1 amide bonds. The van der Waals surface area contributed by atoms with E-state index < -0.39 is 17.0 Å².